The van der Waals surface area contributed by atoms with Crippen LogP contribution in [-0.2, 0) is 0 Å². The van der Waals surface area contributed by atoms with E-state index in [2.05, 4.69) is 39.1 Å². The van der Waals surface area contributed by atoms with Crippen LogP contribution in [0.4, 0.5) is 4.79 Å². The van der Waals surface area contributed by atoms with Crippen molar-refractivity contribution in [2.45, 2.75) is 43.3 Å². The average Bonchev–Trinajstić information content (AvgIpc) is 2.75. The van der Waals surface area contributed by atoms with Crippen LogP contribution in [0.1, 0.15) is 25.7 Å². The van der Waals surface area contributed by atoms with Gasteiger partial charge in [-0.05, 0) is 25.7 Å². The minimum absolute atomic E-state index is 0.123. The molecular weight excluding hydrogens is 240 g/mol. The molecule has 96 valence electrons. The second kappa shape index (κ2) is 5.54. The topological polar surface area (TPSA) is 81.1 Å². The summed E-state index contributed by atoms with van der Waals surface area (Å²) in [5.74, 6) is 0. The van der Waals surface area contributed by atoms with Crippen molar-refractivity contribution in [1.82, 2.24) is 21.2 Å². The number of carbonyl (C=O) groups is 1. The van der Waals surface area contributed by atoms with E-state index in [1.165, 1.54) is 0 Å². The molecule has 8 heteroatoms. The van der Waals surface area contributed by atoms with Crippen LogP contribution in [-0.4, -0.2) is 35.7 Å². The molecule has 1 aliphatic carbocycles. The molecule has 3 atom stereocenters. The molecule has 0 saturated heterocycles. The lowest BCUT2D eigenvalue weighted by Crippen LogP contribution is -2.51. The molecule has 7 nitrogen and oxygen atoms in total. The van der Waals surface area contributed by atoms with Crippen LogP contribution in [0.5, 0.6) is 0 Å². The van der Waals surface area contributed by atoms with Gasteiger partial charge in [0, 0.05) is 19.1 Å². The molecule has 3 N–H and O–H groups in total. The first kappa shape index (κ1) is 12.4. The molecule has 0 aromatic rings. The van der Waals surface area contributed by atoms with E-state index >= 15 is 0 Å². The van der Waals surface area contributed by atoms with Crippen LogP contribution in [0.15, 0.2) is 10.3 Å². The third-order valence-corrected chi connectivity index (χ3v) is 3.52. The predicted octanol–water partition coefficient (Wildman–Crippen LogP) is 0.627. The van der Waals surface area contributed by atoms with Crippen molar-refractivity contribution in [3.05, 3.63) is 0 Å². The Bertz CT molecular complexity index is 312. The van der Waals surface area contributed by atoms with Gasteiger partial charge in [0.1, 0.15) is 0 Å². The van der Waals surface area contributed by atoms with Crippen LogP contribution < -0.4 is 16.2 Å². The van der Waals surface area contributed by atoms with Crippen molar-refractivity contribution >= 4 is 18.7 Å². The van der Waals surface area contributed by atoms with Gasteiger partial charge in [-0.15, -0.1) is 17.7 Å². The zero-order valence-corrected chi connectivity index (χ0v) is 10.7. The maximum absolute atomic E-state index is 11.3. The maximum Gasteiger partial charge on any atom is 0.314 e. The molecule has 1 fully saturated rings. The van der Waals surface area contributed by atoms with Gasteiger partial charge in [-0.3, -0.25) is 0 Å². The molecule has 0 radical (unpaired) electrons. The number of hydrogen-bond acceptors (Lipinski definition) is 6. The van der Waals surface area contributed by atoms with Crippen LogP contribution >= 0.6 is 12.6 Å². The summed E-state index contributed by atoms with van der Waals surface area (Å²) in [6.07, 6.45) is 4.06. The fourth-order valence-electron chi connectivity index (χ4n) is 2.31. The minimum Gasteiger partial charge on any atom is -0.341 e. The Morgan fingerprint density at radius 1 is 1.53 bits per heavy atom. The smallest absolute Gasteiger partial charge is 0.314 e. The number of rotatable bonds is 2. The van der Waals surface area contributed by atoms with E-state index in [9.17, 15) is 4.79 Å². The van der Waals surface area contributed by atoms with Crippen molar-refractivity contribution < 1.29 is 4.79 Å². The summed E-state index contributed by atoms with van der Waals surface area (Å²) in [5, 5.41) is 15.1. The molecule has 0 aromatic heterocycles. The van der Waals surface area contributed by atoms with Crippen LogP contribution in [0, 0.1) is 0 Å². The number of nitrogens with one attached hydrogen (secondary N) is 3. The Hall–Kier alpha value is -1.02. The quantitative estimate of drug-likeness (QED) is 0.548. The highest BCUT2D eigenvalue weighted by molar-refractivity contribution is 7.80. The van der Waals surface area contributed by atoms with E-state index in [0.717, 1.165) is 25.7 Å². The predicted molar refractivity (Wildman–Crippen MR) is 66.2 cm³/mol. The van der Waals surface area contributed by atoms with Crippen LogP contribution in [0.25, 0.3) is 0 Å². The third kappa shape index (κ3) is 3.01. The van der Waals surface area contributed by atoms with Gasteiger partial charge in [0.15, 0.2) is 5.50 Å². The van der Waals surface area contributed by atoms with Crippen molar-refractivity contribution in [3.8, 4) is 0 Å². The molecule has 1 saturated carbocycles. The molecule has 0 bridgehead atoms. The number of thiol groups is 1. The summed E-state index contributed by atoms with van der Waals surface area (Å²) in [4.78, 5) is 11.3. The van der Waals surface area contributed by atoms with Gasteiger partial charge in [-0.1, -0.05) is 5.22 Å². The zero-order valence-electron chi connectivity index (χ0n) is 9.76. The molecule has 2 amide bonds. The number of hydrazine groups is 1. The molecule has 3 unspecified atom stereocenters. The highest BCUT2D eigenvalue weighted by atomic mass is 32.1. The summed E-state index contributed by atoms with van der Waals surface area (Å²) in [7, 11) is 1.62. The van der Waals surface area contributed by atoms with Crippen molar-refractivity contribution in [2.24, 2.45) is 10.3 Å². The van der Waals surface area contributed by atoms with Crippen LogP contribution in [0.3, 0.4) is 0 Å². The standard InChI is InChI=1S/C9H18N6OS/c1-10-8(16)11-6-3-2-4-7(5-6)15-9(17)12-13-14-15/h6-7,9,17H,2-5H2,1H3,(H,12,14)(H2,10,11,16). The summed E-state index contributed by atoms with van der Waals surface area (Å²) in [5.41, 5.74) is 2.63. The normalized spacial score (nSPS) is 33.2. The molecule has 2 aliphatic rings. The highest BCUT2D eigenvalue weighted by Crippen LogP contribution is 2.26. The molecule has 1 heterocycles. The number of hydrogen-bond donors (Lipinski definition) is 4. The van der Waals surface area contributed by atoms with Gasteiger partial charge in [-0.25, -0.2) is 10.3 Å². The first-order valence-electron chi connectivity index (χ1n) is 5.81. The molecular formula is C9H18N6OS. The molecule has 1 aliphatic heterocycles. The van der Waals surface area contributed by atoms with E-state index in [1.54, 1.807) is 7.05 Å². The number of carbonyl (C=O) groups excluding carboxylic acids is 1. The van der Waals surface area contributed by atoms with Gasteiger partial charge in [0.05, 0.1) is 0 Å². The number of urea groups is 1. The summed E-state index contributed by atoms with van der Waals surface area (Å²) >= 11 is 4.32. The average molecular weight is 258 g/mol. The first-order chi connectivity index (χ1) is 8.20. The van der Waals surface area contributed by atoms with Crippen molar-refractivity contribution in [3.63, 3.8) is 0 Å². The highest BCUT2D eigenvalue weighted by Gasteiger charge is 2.32. The molecule has 0 spiro atoms. The van der Waals surface area contributed by atoms with E-state index in [-0.39, 0.29) is 17.6 Å². The molecule has 2 rings (SSSR count). The Morgan fingerprint density at radius 2 is 2.35 bits per heavy atom. The third-order valence-electron chi connectivity index (χ3n) is 3.17. The summed E-state index contributed by atoms with van der Waals surface area (Å²) in [6, 6.07) is 0.391. The summed E-state index contributed by atoms with van der Waals surface area (Å²) in [6.45, 7) is 0. The van der Waals surface area contributed by atoms with Gasteiger partial charge >= 0.3 is 6.03 Å². The minimum atomic E-state index is -0.223. The largest absolute Gasteiger partial charge is 0.341 e. The molecule has 0 aromatic carbocycles. The van der Waals surface area contributed by atoms with Gasteiger partial charge in [0.25, 0.3) is 0 Å². The SMILES string of the molecule is CNC(=O)NC1CCCC(N2NN=NC2S)C1. The second-order valence-electron chi connectivity index (χ2n) is 4.31. The second-order valence-corrected chi connectivity index (χ2v) is 4.77. The zero-order chi connectivity index (χ0) is 12.3. The lowest BCUT2D eigenvalue weighted by molar-refractivity contribution is 0.103. The Labute approximate surface area is 106 Å². The van der Waals surface area contributed by atoms with Gasteiger partial charge in [0.2, 0.25) is 0 Å². The first-order valence-corrected chi connectivity index (χ1v) is 6.32. The Kier molecular flexibility index (Phi) is 4.06. The van der Waals surface area contributed by atoms with Gasteiger partial charge in [-0.2, -0.15) is 5.01 Å². The van der Waals surface area contributed by atoms with Crippen LogP contribution in [0.2, 0.25) is 0 Å². The van der Waals surface area contributed by atoms with E-state index in [0.29, 0.717) is 6.04 Å². The summed E-state index contributed by atoms with van der Waals surface area (Å²) < 4.78 is 0. The maximum atomic E-state index is 11.3. The lowest BCUT2D eigenvalue weighted by Gasteiger charge is -2.35. The van der Waals surface area contributed by atoms with E-state index in [1.807, 2.05) is 5.01 Å². The Morgan fingerprint density at radius 3 is 3.00 bits per heavy atom. The number of amides is 2. The molecule has 17 heavy (non-hydrogen) atoms. The Balaban J connectivity index is 1.86. The fourth-order valence-corrected chi connectivity index (χ4v) is 2.60. The van der Waals surface area contributed by atoms with E-state index < -0.39 is 0 Å². The monoisotopic (exact) mass is 258 g/mol. The van der Waals surface area contributed by atoms with E-state index in [4.69, 9.17) is 0 Å². The van der Waals surface area contributed by atoms with Gasteiger partial charge < -0.3 is 10.6 Å². The van der Waals surface area contributed by atoms with Crippen molar-refractivity contribution in [1.29, 1.82) is 0 Å². The number of nitrogens with zero attached hydrogens (tertiary/aromatic N) is 3. The lowest BCUT2D eigenvalue weighted by atomic mass is 9.91. The van der Waals surface area contributed by atoms with Crippen molar-refractivity contribution in [2.75, 3.05) is 7.05 Å². The fraction of sp³-hybridized carbons (Fsp3) is 0.889.